The Labute approximate surface area is 90.1 Å². The molecule has 2 N–H and O–H groups in total. The molecule has 2 atom stereocenters. The molecule has 2 aliphatic rings. The van der Waals surface area contributed by atoms with Gasteiger partial charge in [-0.15, -0.1) is 0 Å². The SMILES string of the molecule is CC1COCCN1C(=O)C1CNCCN1. The van der Waals surface area contributed by atoms with Gasteiger partial charge in [0.05, 0.1) is 25.3 Å². The molecule has 5 heteroatoms. The van der Waals surface area contributed by atoms with Crippen molar-refractivity contribution in [1.82, 2.24) is 15.5 Å². The molecule has 2 unspecified atom stereocenters. The van der Waals surface area contributed by atoms with Crippen LogP contribution < -0.4 is 10.6 Å². The smallest absolute Gasteiger partial charge is 0.241 e. The number of morpholine rings is 1. The molecule has 2 saturated heterocycles. The maximum Gasteiger partial charge on any atom is 0.241 e. The van der Waals surface area contributed by atoms with E-state index in [1.54, 1.807) is 0 Å². The fourth-order valence-electron chi connectivity index (χ4n) is 2.08. The molecule has 15 heavy (non-hydrogen) atoms. The van der Waals surface area contributed by atoms with Crippen LogP contribution in [-0.2, 0) is 9.53 Å². The maximum atomic E-state index is 12.1. The lowest BCUT2D eigenvalue weighted by Crippen LogP contribution is -2.59. The van der Waals surface area contributed by atoms with E-state index >= 15 is 0 Å². The van der Waals surface area contributed by atoms with E-state index in [9.17, 15) is 4.79 Å². The molecule has 2 aliphatic heterocycles. The monoisotopic (exact) mass is 213 g/mol. The van der Waals surface area contributed by atoms with E-state index in [4.69, 9.17) is 4.74 Å². The van der Waals surface area contributed by atoms with Crippen LogP contribution in [0.15, 0.2) is 0 Å². The average molecular weight is 213 g/mol. The number of carbonyl (C=O) groups is 1. The number of piperazine rings is 1. The van der Waals surface area contributed by atoms with Gasteiger partial charge in [0.25, 0.3) is 0 Å². The van der Waals surface area contributed by atoms with Gasteiger partial charge in [-0.2, -0.15) is 0 Å². The van der Waals surface area contributed by atoms with Crippen molar-refractivity contribution in [1.29, 1.82) is 0 Å². The number of hydrogen-bond acceptors (Lipinski definition) is 4. The third-order valence-corrected chi connectivity index (χ3v) is 2.99. The first-order valence-corrected chi connectivity index (χ1v) is 5.61. The molecule has 0 bridgehead atoms. The van der Waals surface area contributed by atoms with Crippen LogP contribution in [0.2, 0.25) is 0 Å². The molecular weight excluding hydrogens is 194 g/mol. The summed E-state index contributed by atoms with van der Waals surface area (Å²) in [4.78, 5) is 14.1. The van der Waals surface area contributed by atoms with Gasteiger partial charge in [-0.3, -0.25) is 4.79 Å². The lowest BCUT2D eigenvalue weighted by Gasteiger charge is -2.37. The second-order valence-electron chi connectivity index (χ2n) is 4.17. The molecule has 5 nitrogen and oxygen atoms in total. The summed E-state index contributed by atoms with van der Waals surface area (Å²) < 4.78 is 5.32. The summed E-state index contributed by atoms with van der Waals surface area (Å²) in [5.41, 5.74) is 0. The quantitative estimate of drug-likeness (QED) is 0.574. The average Bonchev–Trinajstić information content (AvgIpc) is 2.30. The van der Waals surface area contributed by atoms with Gasteiger partial charge in [0.15, 0.2) is 0 Å². The summed E-state index contributed by atoms with van der Waals surface area (Å²) in [7, 11) is 0. The van der Waals surface area contributed by atoms with Gasteiger partial charge in [-0.1, -0.05) is 0 Å². The third-order valence-electron chi connectivity index (χ3n) is 2.99. The summed E-state index contributed by atoms with van der Waals surface area (Å²) in [6.07, 6.45) is 0. The van der Waals surface area contributed by atoms with E-state index in [1.165, 1.54) is 0 Å². The molecule has 86 valence electrons. The molecule has 0 saturated carbocycles. The van der Waals surface area contributed by atoms with Crippen molar-refractivity contribution in [3.8, 4) is 0 Å². The van der Waals surface area contributed by atoms with E-state index in [1.807, 2.05) is 11.8 Å². The van der Waals surface area contributed by atoms with Crippen LogP contribution in [0.3, 0.4) is 0 Å². The number of nitrogens with zero attached hydrogens (tertiary/aromatic N) is 1. The number of hydrogen-bond donors (Lipinski definition) is 2. The predicted octanol–water partition coefficient (Wildman–Crippen LogP) is -1.20. The van der Waals surface area contributed by atoms with Gasteiger partial charge in [-0.25, -0.2) is 0 Å². The summed E-state index contributed by atoms with van der Waals surface area (Å²) in [5.74, 6) is 0.206. The number of nitrogens with one attached hydrogen (secondary N) is 2. The van der Waals surface area contributed by atoms with Crippen LogP contribution in [0.4, 0.5) is 0 Å². The van der Waals surface area contributed by atoms with E-state index in [-0.39, 0.29) is 18.0 Å². The molecule has 0 aliphatic carbocycles. The minimum atomic E-state index is -0.0562. The van der Waals surface area contributed by atoms with Gasteiger partial charge in [0.1, 0.15) is 0 Å². The first-order chi connectivity index (χ1) is 7.29. The van der Waals surface area contributed by atoms with Crippen LogP contribution in [0, 0.1) is 0 Å². The zero-order valence-corrected chi connectivity index (χ0v) is 9.16. The third kappa shape index (κ3) is 2.48. The lowest BCUT2D eigenvalue weighted by atomic mass is 10.1. The number of ether oxygens (including phenoxy) is 1. The van der Waals surface area contributed by atoms with E-state index in [2.05, 4.69) is 10.6 Å². The van der Waals surface area contributed by atoms with Crippen molar-refractivity contribution in [3.05, 3.63) is 0 Å². The fourth-order valence-corrected chi connectivity index (χ4v) is 2.08. The predicted molar refractivity (Wildman–Crippen MR) is 56.7 cm³/mol. The number of amides is 1. The summed E-state index contributed by atoms with van der Waals surface area (Å²) in [6.45, 7) is 6.63. The van der Waals surface area contributed by atoms with Crippen molar-refractivity contribution >= 4 is 5.91 Å². The second kappa shape index (κ2) is 4.92. The highest BCUT2D eigenvalue weighted by Crippen LogP contribution is 2.08. The minimum Gasteiger partial charge on any atom is -0.377 e. The maximum absolute atomic E-state index is 12.1. The Balaban J connectivity index is 1.92. The highest BCUT2D eigenvalue weighted by atomic mass is 16.5. The Morgan fingerprint density at radius 1 is 1.47 bits per heavy atom. The van der Waals surface area contributed by atoms with Gasteiger partial charge >= 0.3 is 0 Å². The first kappa shape index (κ1) is 10.9. The Morgan fingerprint density at radius 3 is 3.00 bits per heavy atom. The molecule has 0 aromatic carbocycles. The van der Waals surface area contributed by atoms with Crippen LogP contribution >= 0.6 is 0 Å². The van der Waals surface area contributed by atoms with Crippen LogP contribution in [0.5, 0.6) is 0 Å². The first-order valence-electron chi connectivity index (χ1n) is 5.61. The Morgan fingerprint density at radius 2 is 2.33 bits per heavy atom. The van der Waals surface area contributed by atoms with Gasteiger partial charge in [-0.05, 0) is 6.92 Å². The van der Waals surface area contributed by atoms with E-state index in [0.717, 1.165) is 26.2 Å². The molecule has 2 rings (SSSR count). The second-order valence-corrected chi connectivity index (χ2v) is 4.17. The largest absolute Gasteiger partial charge is 0.377 e. The molecular formula is C10H19N3O2. The van der Waals surface area contributed by atoms with Crippen molar-refractivity contribution in [2.45, 2.75) is 19.0 Å². The van der Waals surface area contributed by atoms with Gasteiger partial charge < -0.3 is 20.3 Å². The highest BCUT2D eigenvalue weighted by Gasteiger charge is 2.30. The lowest BCUT2D eigenvalue weighted by molar-refractivity contribution is -0.141. The molecule has 0 aromatic rings. The Hall–Kier alpha value is -0.650. The Kier molecular flexibility index (Phi) is 3.56. The van der Waals surface area contributed by atoms with Crippen molar-refractivity contribution in [2.24, 2.45) is 0 Å². The number of carbonyl (C=O) groups excluding carboxylic acids is 1. The standard InChI is InChI=1S/C10H19N3O2/c1-8-7-15-5-4-13(8)10(14)9-6-11-2-3-12-9/h8-9,11-12H,2-7H2,1H3. The zero-order chi connectivity index (χ0) is 10.7. The molecule has 2 fully saturated rings. The molecule has 0 spiro atoms. The molecule has 1 amide bonds. The van der Waals surface area contributed by atoms with Gasteiger partial charge in [0.2, 0.25) is 5.91 Å². The van der Waals surface area contributed by atoms with Crippen molar-refractivity contribution in [3.63, 3.8) is 0 Å². The molecule has 0 aromatic heterocycles. The van der Waals surface area contributed by atoms with Crippen LogP contribution in [0.1, 0.15) is 6.92 Å². The topological polar surface area (TPSA) is 53.6 Å². The van der Waals surface area contributed by atoms with Crippen LogP contribution in [-0.4, -0.2) is 62.3 Å². The van der Waals surface area contributed by atoms with Crippen molar-refractivity contribution in [2.75, 3.05) is 39.4 Å². The normalized spacial score (nSPS) is 32.7. The number of rotatable bonds is 1. The van der Waals surface area contributed by atoms with Gasteiger partial charge in [0, 0.05) is 26.2 Å². The molecule has 0 radical (unpaired) electrons. The Bertz CT molecular complexity index is 229. The van der Waals surface area contributed by atoms with E-state index in [0.29, 0.717) is 13.2 Å². The molecule has 2 heterocycles. The summed E-state index contributed by atoms with van der Waals surface area (Å²) in [6, 6.07) is 0.147. The minimum absolute atomic E-state index is 0.0562. The summed E-state index contributed by atoms with van der Waals surface area (Å²) in [5, 5.41) is 6.47. The highest BCUT2D eigenvalue weighted by molar-refractivity contribution is 5.82. The summed E-state index contributed by atoms with van der Waals surface area (Å²) >= 11 is 0. The van der Waals surface area contributed by atoms with Crippen molar-refractivity contribution < 1.29 is 9.53 Å². The van der Waals surface area contributed by atoms with Crippen LogP contribution in [0.25, 0.3) is 0 Å². The fraction of sp³-hybridized carbons (Fsp3) is 0.900. The van der Waals surface area contributed by atoms with E-state index < -0.39 is 0 Å². The zero-order valence-electron chi connectivity index (χ0n) is 9.16.